The SMILES string of the molecule is CN=C(NCC(C)Oc1ccccc1Cl)N1CCOC(c2cnn(C)c2)C1. The van der Waals surface area contributed by atoms with E-state index in [-0.39, 0.29) is 12.2 Å². The van der Waals surface area contributed by atoms with Crippen LogP contribution in [0.2, 0.25) is 5.02 Å². The summed E-state index contributed by atoms with van der Waals surface area (Å²) in [5.74, 6) is 1.52. The van der Waals surface area contributed by atoms with Crippen LogP contribution in [0, 0.1) is 0 Å². The Bertz CT molecular complexity index is 779. The Hall–Kier alpha value is -2.25. The summed E-state index contributed by atoms with van der Waals surface area (Å²) in [6.45, 7) is 4.78. The molecule has 0 saturated carbocycles. The van der Waals surface area contributed by atoms with Crippen molar-refractivity contribution in [2.75, 3.05) is 33.3 Å². The molecule has 1 N–H and O–H groups in total. The zero-order valence-electron chi connectivity index (χ0n) is 15.9. The lowest BCUT2D eigenvalue weighted by Gasteiger charge is -2.35. The Labute approximate surface area is 164 Å². The Morgan fingerprint density at radius 3 is 3.00 bits per heavy atom. The largest absolute Gasteiger partial charge is 0.487 e. The molecule has 2 heterocycles. The van der Waals surface area contributed by atoms with E-state index in [0.717, 1.165) is 24.6 Å². The third kappa shape index (κ3) is 5.14. The molecule has 1 aliphatic heterocycles. The number of aromatic nitrogens is 2. The zero-order valence-corrected chi connectivity index (χ0v) is 16.7. The average Bonchev–Trinajstić information content (AvgIpc) is 3.11. The van der Waals surface area contributed by atoms with Gasteiger partial charge in [-0.05, 0) is 19.1 Å². The lowest BCUT2D eigenvalue weighted by Crippen LogP contribution is -2.49. The number of para-hydroxylation sites is 1. The molecule has 1 saturated heterocycles. The van der Waals surface area contributed by atoms with Crippen molar-refractivity contribution in [1.82, 2.24) is 20.0 Å². The van der Waals surface area contributed by atoms with Crippen LogP contribution in [0.15, 0.2) is 41.7 Å². The van der Waals surface area contributed by atoms with Gasteiger partial charge in [-0.3, -0.25) is 9.67 Å². The van der Waals surface area contributed by atoms with Crippen LogP contribution in [0.4, 0.5) is 0 Å². The van der Waals surface area contributed by atoms with Crippen LogP contribution in [0.25, 0.3) is 0 Å². The molecule has 2 atom stereocenters. The molecule has 7 nitrogen and oxygen atoms in total. The first kappa shape index (κ1) is 19.5. The highest BCUT2D eigenvalue weighted by atomic mass is 35.5. The lowest BCUT2D eigenvalue weighted by molar-refractivity contribution is -0.00814. The molecule has 0 amide bonds. The number of aliphatic imine (C=N–C) groups is 1. The first-order valence-corrected chi connectivity index (χ1v) is 9.41. The van der Waals surface area contributed by atoms with Crippen molar-refractivity contribution in [2.45, 2.75) is 19.1 Å². The molecule has 146 valence electrons. The van der Waals surface area contributed by atoms with Crippen molar-refractivity contribution in [3.8, 4) is 5.75 Å². The van der Waals surface area contributed by atoms with Gasteiger partial charge in [-0.2, -0.15) is 5.10 Å². The molecule has 0 spiro atoms. The topological polar surface area (TPSA) is 63.9 Å². The summed E-state index contributed by atoms with van der Waals surface area (Å²) >= 11 is 6.16. The molecule has 2 aromatic rings. The second kappa shape index (κ2) is 9.10. The van der Waals surface area contributed by atoms with Gasteiger partial charge in [0.25, 0.3) is 0 Å². The van der Waals surface area contributed by atoms with E-state index in [4.69, 9.17) is 21.1 Å². The molecular formula is C19H26ClN5O2. The van der Waals surface area contributed by atoms with Crippen LogP contribution in [0.5, 0.6) is 5.75 Å². The molecule has 8 heteroatoms. The van der Waals surface area contributed by atoms with Gasteiger partial charge in [0.1, 0.15) is 18.0 Å². The maximum atomic E-state index is 6.16. The number of rotatable bonds is 5. The number of morpholine rings is 1. The van der Waals surface area contributed by atoms with Gasteiger partial charge in [0.15, 0.2) is 5.96 Å². The van der Waals surface area contributed by atoms with Gasteiger partial charge in [0.05, 0.1) is 30.9 Å². The molecule has 1 fully saturated rings. The highest BCUT2D eigenvalue weighted by Crippen LogP contribution is 2.24. The standard InChI is InChI=1S/C19H26ClN5O2/c1-14(27-17-7-5-4-6-16(17)20)10-22-19(21-2)25-8-9-26-18(13-25)15-11-23-24(3)12-15/h4-7,11-12,14,18H,8-10,13H2,1-3H3,(H,21,22). The van der Waals surface area contributed by atoms with E-state index in [1.807, 2.05) is 50.6 Å². The van der Waals surface area contributed by atoms with Gasteiger partial charge in [-0.1, -0.05) is 23.7 Å². The van der Waals surface area contributed by atoms with E-state index in [1.165, 1.54) is 0 Å². The van der Waals surface area contributed by atoms with Crippen molar-refractivity contribution in [3.05, 3.63) is 47.2 Å². The van der Waals surface area contributed by atoms with Gasteiger partial charge in [-0.25, -0.2) is 0 Å². The van der Waals surface area contributed by atoms with Crippen LogP contribution >= 0.6 is 11.6 Å². The fourth-order valence-electron chi connectivity index (χ4n) is 3.02. The molecule has 1 aliphatic rings. The van der Waals surface area contributed by atoms with Crippen molar-refractivity contribution in [3.63, 3.8) is 0 Å². The third-order valence-electron chi connectivity index (χ3n) is 4.39. The molecule has 2 unspecified atom stereocenters. The summed E-state index contributed by atoms with van der Waals surface area (Å²) in [5, 5.41) is 8.23. The quantitative estimate of drug-likeness (QED) is 0.626. The van der Waals surface area contributed by atoms with Crippen LogP contribution < -0.4 is 10.1 Å². The van der Waals surface area contributed by atoms with Gasteiger partial charge in [0.2, 0.25) is 0 Å². The second-order valence-electron chi connectivity index (χ2n) is 6.54. The molecule has 1 aromatic heterocycles. The van der Waals surface area contributed by atoms with E-state index in [1.54, 1.807) is 11.7 Å². The summed E-state index contributed by atoms with van der Waals surface area (Å²) in [5.41, 5.74) is 1.08. The molecule has 27 heavy (non-hydrogen) atoms. The van der Waals surface area contributed by atoms with Crippen LogP contribution in [0.3, 0.4) is 0 Å². The number of hydrogen-bond donors (Lipinski definition) is 1. The van der Waals surface area contributed by atoms with Crippen molar-refractivity contribution >= 4 is 17.6 Å². The number of benzene rings is 1. The monoisotopic (exact) mass is 391 g/mol. The smallest absolute Gasteiger partial charge is 0.193 e. The average molecular weight is 392 g/mol. The van der Waals surface area contributed by atoms with Gasteiger partial charge in [0, 0.05) is 32.4 Å². The maximum absolute atomic E-state index is 6.16. The minimum absolute atomic E-state index is 0.0113. The van der Waals surface area contributed by atoms with Gasteiger partial charge in [-0.15, -0.1) is 0 Å². The normalized spacial score (nSPS) is 19.0. The number of halogens is 1. The zero-order chi connectivity index (χ0) is 19.2. The number of ether oxygens (including phenoxy) is 2. The predicted octanol–water partition coefficient (Wildman–Crippen LogP) is 2.49. The number of nitrogens with zero attached hydrogens (tertiary/aromatic N) is 4. The van der Waals surface area contributed by atoms with Crippen LogP contribution in [-0.4, -0.2) is 60.0 Å². The van der Waals surface area contributed by atoms with E-state index in [9.17, 15) is 0 Å². The fraction of sp³-hybridized carbons (Fsp3) is 0.474. The first-order chi connectivity index (χ1) is 13.1. The van der Waals surface area contributed by atoms with Gasteiger partial charge >= 0.3 is 0 Å². The van der Waals surface area contributed by atoms with E-state index >= 15 is 0 Å². The highest BCUT2D eigenvalue weighted by Gasteiger charge is 2.25. The Kier molecular flexibility index (Phi) is 6.58. The molecule has 0 bridgehead atoms. The number of nitrogens with one attached hydrogen (secondary N) is 1. The molecule has 0 aliphatic carbocycles. The summed E-state index contributed by atoms with van der Waals surface area (Å²) in [6, 6.07) is 7.49. The first-order valence-electron chi connectivity index (χ1n) is 9.03. The Balaban J connectivity index is 1.54. The Morgan fingerprint density at radius 2 is 2.30 bits per heavy atom. The number of guanidine groups is 1. The maximum Gasteiger partial charge on any atom is 0.193 e. The van der Waals surface area contributed by atoms with E-state index < -0.39 is 0 Å². The summed E-state index contributed by atoms with van der Waals surface area (Å²) in [7, 11) is 3.70. The second-order valence-corrected chi connectivity index (χ2v) is 6.95. The number of hydrogen-bond acceptors (Lipinski definition) is 4. The predicted molar refractivity (Wildman–Crippen MR) is 106 cm³/mol. The fourth-order valence-corrected chi connectivity index (χ4v) is 3.20. The summed E-state index contributed by atoms with van der Waals surface area (Å²) in [6.07, 6.45) is 3.77. The number of aryl methyl sites for hydroxylation is 1. The van der Waals surface area contributed by atoms with Gasteiger partial charge < -0.3 is 19.7 Å². The minimum Gasteiger partial charge on any atom is -0.487 e. The summed E-state index contributed by atoms with van der Waals surface area (Å²) in [4.78, 5) is 6.61. The Morgan fingerprint density at radius 1 is 1.48 bits per heavy atom. The third-order valence-corrected chi connectivity index (χ3v) is 4.70. The molecular weight excluding hydrogens is 366 g/mol. The molecule has 1 aromatic carbocycles. The van der Waals surface area contributed by atoms with Crippen molar-refractivity contribution < 1.29 is 9.47 Å². The molecule has 0 radical (unpaired) electrons. The van der Waals surface area contributed by atoms with Crippen LogP contribution in [0.1, 0.15) is 18.6 Å². The minimum atomic E-state index is -0.0585. The van der Waals surface area contributed by atoms with Crippen molar-refractivity contribution in [2.24, 2.45) is 12.0 Å². The van der Waals surface area contributed by atoms with E-state index in [2.05, 4.69) is 20.3 Å². The van der Waals surface area contributed by atoms with Crippen LogP contribution in [-0.2, 0) is 11.8 Å². The summed E-state index contributed by atoms with van der Waals surface area (Å²) < 4.78 is 13.6. The van der Waals surface area contributed by atoms with Crippen molar-refractivity contribution in [1.29, 1.82) is 0 Å². The highest BCUT2D eigenvalue weighted by molar-refractivity contribution is 6.32. The van der Waals surface area contributed by atoms with E-state index in [0.29, 0.717) is 23.9 Å². The lowest BCUT2D eigenvalue weighted by atomic mass is 10.1. The molecule has 3 rings (SSSR count).